The van der Waals surface area contributed by atoms with Crippen molar-refractivity contribution in [2.24, 2.45) is 5.73 Å². The highest BCUT2D eigenvalue weighted by Gasteiger charge is 2.02. The van der Waals surface area contributed by atoms with E-state index in [1.54, 1.807) is 19.3 Å². The molecule has 98 valence electrons. The number of benzene rings is 1. The fourth-order valence-electron chi connectivity index (χ4n) is 1.23. The van der Waals surface area contributed by atoms with Crippen molar-refractivity contribution in [3.8, 4) is 11.5 Å². The summed E-state index contributed by atoms with van der Waals surface area (Å²) in [5.41, 5.74) is 5.47. The third-order valence-corrected chi connectivity index (χ3v) is 2.06. The Balaban J connectivity index is 0.00000137. The molecule has 1 aromatic rings. The molecule has 0 unspecified atom stereocenters. The Hall–Kier alpha value is -2.00. The van der Waals surface area contributed by atoms with Crippen molar-refractivity contribution in [1.82, 2.24) is 0 Å². The summed E-state index contributed by atoms with van der Waals surface area (Å²) < 4.78 is 10.8. The van der Waals surface area contributed by atoms with E-state index in [-0.39, 0.29) is 0 Å². The van der Waals surface area contributed by atoms with Crippen molar-refractivity contribution in [2.75, 3.05) is 20.8 Å². The van der Waals surface area contributed by atoms with Gasteiger partial charge < -0.3 is 15.2 Å². The number of hydrogen-bond acceptors (Lipinski definition) is 3. The predicted molar refractivity (Wildman–Crippen MR) is 77.1 cm³/mol. The second kappa shape index (κ2) is 10.2. The molecule has 0 saturated heterocycles. The van der Waals surface area contributed by atoms with E-state index in [2.05, 4.69) is 18.9 Å². The van der Waals surface area contributed by atoms with Gasteiger partial charge in [-0.2, -0.15) is 0 Å². The van der Waals surface area contributed by atoms with Crippen LogP contribution in [0.25, 0.3) is 0 Å². The van der Waals surface area contributed by atoms with Crippen LogP contribution in [0.1, 0.15) is 0 Å². The number of allylic oxidation sites excluding steroid dienone is 2. The van der Waals surface area contributed by atoms with Gasteiger partial charge in [0.05, 0.1) is 7.11 Å². The first kappa shape index (κ1) is 16.0. The largest absolute Gasteiger partial charge is 0.493 e. The molecular weight excluding hydrogens is 226 g/mol. The van der Waals surface area contributed by atoms with Gasteiger partial charge in [0.2, 0.25) is 0 Å². The topological polar surface area (TPSA) is 44.5 Å². The third-order valence-electron chi connectivity index (χ3n) is 2.06. The van der Waals surface area contributed by atoms with Gasteiger partial charge in [0.25, 0.3) is 0 Å². The van der Waals surface area contributed by atoms with Gasteiger partial charge in [-0.15, -0.1) is 0 Å². The minimum atomic E-state index is 0.454. The van der Waals surface area contributed by atoms with Crippen LogP contribution in [0.4, 0.5) is 0 Å². The predicted octanol–water partition coefficient (Wildman–Crippen LogP) is 2.95. The number of ether oxygens (including phenoxy) is 2. The van der Waals surface area contributed by atoms with Gasteiger partial charge in [0, 0.05) is 0 Å². The molecule has 0 spiro atoms. The molecule has 0 amide bonds. The van der Waals surface area contributed by atoms with Gasteiger partial charge >= 0.3 is 0 Å². The van der Waals surface area contributed by atoms with Crippen LogP contribution in [-0.2, 0) is 0 Å². The zero-order valence-electron chi connectivity index (χ0n) is 11.1. The third kappa shape index (κ3) is 5.37. The van der Waals surface area contributed by atoms with Crippen molar-refractivity contribution in [2.45, 2.75) is 0 Å². The van der Waals surface area contributed by atoms with Gasteiger partial charge in [0.15, 0.2) is 11.5 Å². The summed E-state index contributed by atoms with van der Waals surface area (Å²) in [6.45, 7) is 7.79. The molecule has 18 heavy (non-hydrogen) atoms. The molecule has 1 aromatic carbocycles. The first-order valence-electron chi connectivity index (χ1n) is 5.59. The first-order chi connectivity index (χ1) is 8.81. The molecule has 1 rings (SSSR count). The van der Waals surface area contributed by atoms with Crippen LogP contribution in [-0.4, -0.2) is 20.8 Å². The average Bonchev–Trinajstić information content (AvgIpc) is 2.46. The molecule has 0 bridgehead atoms. The highest BCUT2D eigenvalue weighted by molar-refractivity contribution is 5.39. The zero-order valence-corrected chi connectivity index (χ0v) is 11.1. The SMILES string of the molecule is C=C/C=C(\C=C)COc1ccccc1OC.CN. The maximum absolute atomic E-state index is 5.62. The number of para-hydroxylation sites is 2. The highest BCUT2D eigenvalue weighted by Crippen LogP contribution is 2.26. The Bertz CT molecular complexity index is 397. The summed E-state index contributed by atoms with van der Waals surface area (Å²) in [6, 6.07) is 7.54. The molecule has 0 aliphatic rings. The van der Waals surface area contributed by atoms with E-state index in [0.29, 0.717) is 6.61 Å². The van der Waals surface area contributed by atoms with Crippen molar-refractivity contribution in [3.63, 3.8) is 0 Å². The van der Waals surface area contributed by atoms with Crippen LogP contribution < -0.4 is 15.2 Å². The Morgan fingerprint density at radius 3 is 2.33 bits per heavy atom. The van der Waals surface area contributed by atoms with Crippen molar-refractivity contribution < 1.29 is 9.47 Å². The van der Waals surface area contributed by atoms with Crippen LogP contribution in [0.2, 0.25) is 0 Å². The maximum Gasteiger partial charge on any atom is 0.161 e. The minimum absolute atomic E-state index is 0.454. The second-order valence-corrected chi connectivity index (χ2v) is 3.12. The van der Waals surface area contributed by atoms with E-state index >= 15 is 0 Å². The summed E-state index contributed by atoms with van der Waals surface area (Å²) in [5.74, 6) is 1.45. The molecule has 3 heteroatoms. The minimum Gasteiger partial charge on any atom is -0.493 e. The fraction of sp³-hybridized carbons (Fsp3) is 0.200. The number of methoxy groups -OCH3 is 1. The lowest BCUT2D eigenvalue weighted by molar-refractivity contribution is 0.321. The average molecular weight is 247 g/mol. The summed E-state index contributed by atoms with van der Waals surface area (Å²) in [5, 5.41) is 0. The molecule has 0 aromatic heterocycles. The van der Waals surface area contributed by atoms with E-state index in [1.807, 2.05) is 30.3 Å². The second-order valence-electron chi connectivity index (χ2n) is 3.12. The summed E-state index contributed by atoms with van der Waals surface area (Å²) in [7, 11) is 3.12. The highest BCUT2D eigenvalue weighted by atomic mass is 16.5. The lowest BCUT2D eigenvalue weighted by Crippen LogP contribution is -2.00. The van der Waals surface area contributed by atoms with Gasteiger partial charge in [0.1, 0.15) is 6.61 Å². The van der Waals surface area contributed by atoms with Gasteiger partial charge in [-0.1, -0.05) is 43.5 Å². The van der Waals surface area contributed by atoms with Crippen molar-refractivity contribution >= 4 is 0 Å². The maximum atomic E-state index is 5.62. The van der Waals surface area contributed by atoms with E-state index in [1.165, 1.54) is 7.05 Å². The van der Waals surface area contributed by atoms with Crippen LogP contribution in [0.15, 0.2) is 61.2 Å². The Morgan fingerprint density at radius 1 is 1.22 bits per heavy atom. The molecule has 0 saturated carbocycles. The molecule has 0 aliphatic heterocycles. The fourth-order valence-corrected chi connectivity index (χ4v) is 1.23. The molecule has 0 radical (unpaired) electrons. The molecule has 0 fully saturated rings. The van der Waals surface area contributed by atoms with Gasteiger partial charge in [-0.3, -0.25) is 0 Å². The van der Waals surface area contributed by atoms with Gasteiger partial charge in [-0.05, 0) is 24.8 Å². The van der Waals surface area contributed by atoms with Crippen LogP contribution in [0.3, 0.4) is 0 Å². The smallest absolute Gasteiger partial charge is 0.161 e. The monoisotopic (exact) mass is 247 g/mol. The molecular formula is C15H21NO2. The number of nitrogens with two attached hydrogens (primary N) is 1. The normalized spacial score (nSPS) is 9.83. The molecule has 0 heterocycles. The Morgan fingerprint density at radius 2 is 1.83 bits per heavy atom. The zero-order chi connectivity index (χ0) is 13.8. The molecule has 3 nitrogen and oxygen atoms in total. The Labute approximate surface area is 109 Å². The first-order valence-corrected chi connectivity index (χ1v) is 5.59. The van der Waals surface area contributed by atoms with Gasteiger partial charge in [-0.25, -0.2) is 0 Å². The van der Waals surface area contributed by atoms with Crippen LogP contribution >= 0.6 is 0 Å². The molecule has 0 aliphatic carbocycles. The molecule has 2 N–H and O–H groups in total. The van der Waals surface area contributed by atoms with E-state index in [0.717, 1.165) is 17.1 Å². The van der Waals surface area contributed by atoms with E-state index in [4.69, 9.17) is 9.47 Å². The molecule has 0 atom stereocenters. The summed E-state index contributed by atoms with van der Waals surface area (Å²) >= 11 is 0. The number of rotatable bonds is 6. The standard InChI is InChI=1S/C14H16O2.CH5N/c1-4-8-12(5-2)11-16-14-10-7-6-9-13(14)15-3;1-2/h4-10H,1-2,11H2,3H3;2H2,1H3/b12-8+;. The van der Waals surface area contributed by atoms with Crippen molar-refractivity contribution in [1.29, 1.82) is 0 Å². The summed E-state index contributed by atoms with van der Waals surface area (Å²) in [6.07, 6.45) is 5.32. The lowest BCUT2D eigenvalue weighted by Gasteiger charge is -2.10. The number of hydrogen-bond donors (Lipinski definition) is 1. The lowest BCUT2D eigenvalue weighted by atomic mass is 10.2. The van der Waals surface area contributed by atoms with Crippen molar-refractivity contribution in [3.05, 3.63) is 61.2 Å². The van der Waals surface area contributed by atoms with E-state index < -0.39 is 0 Å². The van der Waals surface area contributed by atoms with E-state index in [9.17, 15) is 0 Å². The summed E-state index contributed by atoms with van der Waals surface area (Å²) in [4.78, 5) is 0. The van der Waals surface area contributed by atoms with Crippen LogP contribution in [0, 0.1) is 0 Å². The Kier molecular flexibility index (Phi) is 9.04. The van der Waals surface area contributed by atoms with Crippen LogP contribution in [0.5, 0.6) is 11.5 Å². The quantitative estimate of drug-likeness (QED) is 0.786.